The summed E-state index contributed by atoms with van der Waals surface area (Å²) in [6.07, 6.45) is 7.15. The molecule has 0 unspecified atom stereocenters. The summed E-state index contributed by atoms with van der Waals surface area (Å²) >= 11 is 1.43. The van der Waals surface area contributed by atoms with E-state index >= 15 is 0 Å². The van der Waals surface area contributed by atoms with Crippen LogP contribution in [0.5, 0.6) is 0 Å². The number of ether oxygens (including phenoxy) is 1. The number of hydrogen-bond donors (Lipinski definition) is 1. The van der Waals surface area contributed by atoms with E-state index in [1.807, 2.05) is 44.6 Å². The number of piperazine rings is 1. The Morgan fingerprint density at radius 1 is 1.14 bits per heavy atom. The van der Waals surface area contributed by atoms with E-state index < -0.39 is 5.60 Å². The van der Waals surface area contributed by atoms with E-state index in [2.05, 4.69) is 34.1 Å². The van der Waals surface area contributed by atoms with E-state index in [4.69, 9.17) is 4.74 Å². The molecule has 0 bridgehead atoms. The molecule has 0 atom stereocenters. The number of thiophene rings is 1. The first kappa shape index (κ1) is 25.0. The van der Waals surface area contributed by atoms with E-state index in [-0.39, 0.29) is 18.0 Å². The van der Waals surface area contributed by atoms with Crippen LogP contribution < -0.4 is 10.2 Å². The Labute approximate surface area is 210 Å². The summed E-state index contributed by atoms with van der Waals surface area (Å²) in [5.74, 6) is -0.0350. The molecular formula is C25H34N6O3S. The molecule has 2 amide bonds. The number of amides is 2. The van der Waals surface area contributed by atoms with Crippen LogP contribution in [0.2, 0.25) is 0 Å². The molecule has 9 nitrogen and oxygen atoms in total. The fraction of sp³-hybridized carbons (Fsp3) is 0.520. The first-order valence-electron chi connectivity index (χ1n) is 12.1. The van der Waals surface area contributed by atoms with Crippen molar-refractivity contribution in [3.8, 4) is 11.1 Å². The third-order valence-corrected chi connectivity index (χ3v) is 7.02. The quantitative estimate of drug-likeness (QED) is 0.540. The Balaban J connectivity index is 1.44. The van der Waals surface area contributed by atoms with Gasteiger partial charge in [-0.1, -0.05) is 13.8 Å². The van der Waals surface area contributed by atoms with Crippen LogP contribution in [-0.2, 0) is 4.74 Å². The molecule has 1 aliphatic rings. The number of fused-ring (bicyclic) bond motifs is 1. The Kier molecular flexibility index (Phi) is 7.30. The molecule has 0 aliphatic carbocycles. The zero-order chi connectivity index (χ0) is 25.2. The summed E-state index contributed by atoms with van der Waals surface area (Å²) in [4.78, 5) is 34.2. The number of nitrogens with one attached hydrogen (secondary N) is 1. The zero-order valence-electron chi connectivity index (χ0n) is 21.1. The van der Waals surface area contributed by atoms with Crippen molar-refractivity contribution in [2.24, 2.45) is 0 Å². The van der Waals surface area contributed by atoms with E-state index in [1.165, 1.54) is 11.3 Å². The number of nitrogens with zero attached hydrogens (tertiary/aromatic N) is 5. The van der Waals surface area contributed by atoms with Crippen molar-refractivity contribution in [3.63, 3.8) is 0 Å². The highest BCUT2D eigenvalue weighted by molar-refractivity contribution is 7.12. The van der Waals surface area contributed by atoms with Gasteiger partial charge in [-0.3, -0.25) is 4.79 Å². The Hall–Kier alpha value is -3.14. The van der Waals surface area contributed by atoms with Crippen LogP contribution in [0.25, 0.3) is 16.8 Å². The molecule has 0 radical (unpaired) electrons. The largest absolute Gasteiger partial charge is 0.444 e. The van der Waals surface area contributed by atoms with Crippen LogP contribution >= 0.6 is 11.3 Å². The lowest BCUT2D eigenvalue weighted by molar-refractivity contribution is 0.0240. The SMILES string of the molecule is CCC(CC)NC(=O)c1cc(-c2cnn3cc(N4CCN(C(=O)OC(C)(C)C)CC4)cnc23)cs1. The first-order valence-corrected chi connectivity index (χ1v) is 13.0. The van der Waals surface area contributed by atoms with Gasteiger partial charge in [0.1, 0.15) is 5.60 Å². The summed E-state index contributed by atoms with van der Waals surface area (Å²) in [7, 11) is 0. The molecule has 4 rings (SSSR count). The lowest BCUT2D eigenvalue weighted by Crippen LogP contribution is -2.50. The van der Waals surface area contributed by atoms with Gasteiger partial charge in [-0.25, -0.2) is 14.3 Å². The van der Waals surface area contributed by atoms with Crippen molar-refractivity contribution in [1.29, 1.82) is 0 Å². The molecule has 0 spiro atoms. The van der Waals surface area contributed by atoms with Gasteiger partial charge in [-0.15, -0.1) is 11.3 Å². The molecule has 3 aromatic rings. The highest BCUT2D eigenvalue weighted by atomic mass is 32.1. The van der Waals surface area contributed by atoms with E-state index in [0.29, 0.717) is 31.1 Å². The maximum absolute atomic E-state index is 12.6. The molecule has 10 heteroatoms. The predicted octanol–water partition coefficient (Wildman–Crippen LogP) is 4.43. The highest BCUT2D eigenvalue weighted by Crippen LogP contribution is 2.29. The minimum atomic E-state index is -0.499. The first-order chi connectivity index (χ1) is 16.7. The van der Waals surface area contributed by atoms with Crippen LogP contribution in [-0.4, -0.2) is 69.3 Å². The van der Waals surface area contributed by atoms with Gasteiger partial charge in [0.2, 0.25) is 0 Å². The van der Waals surface area contributed by atoms with Crippen LogP contribution in [0.1, 0.15) is 57.1 Å². The van der Waals surface area contributed by atoms with Gasteiger partial charge < -0.3 is 19.9 Å². The molecular weight excluding hydrogens is 464 g/mol. The number of anilines is 1. The highest BCUT2D eigenvalue weighted by Gasteiger charge is 2.26. The molecule has 35 heavy (non-hydrogen) atoms. The molecule has 1 N–H and O–H groups in total. The van der Waals surface area contributed by atoms with Gasteiger partial charge in [-0.2, -0.15) is 5.10 Å². The molecule has 4 heterocycles. The van der Waals surface area contributed by atoms with Gasteiger partial charge in [0, 0.05) is 37.8 Å². The number of carbonyl (C=O) groups is 2. The van der Waals surface area contributed by atoms with Crippen LogP contribution in [0.15, 0.2) is 30.0 Å². The lowest BCUT2D eigenvalue weighted by Gasteiger charge is -2.36. The summed E-state index contributed by atoms with van der Waals surface area (Å²) in [6, 6.07) is 2.10. The normalized spacial score (nSPS) is 14.6. The van der Waals surface area contributed by atoms with Crippen LogP contribution in [0.4, 0.5) is 10.5 Å². The topological polar surface area (TPSA) is 92.1 Å². The van der Waals surface area contributed by atoms with Crippen LogP contribution in [0, 0.1) is 0 Å². The molecule has 1 saturated heterocycles. The predicted molar refractivity (Wildman–Crippen MR) is 138 cm³/mol. The number of carbonyl (C=O) groups excluding carboxylic acids is 2. The number of rotatable bonds is 6. The monoisotopic (exact) mass is 498 g/mol. The van der Waals surface area contributed by atoms with Gasteiger partial charge in [0.05, 0.1) is 29.2 Å². The van der Waals surface area contributed by atoms with Crippen molar-refractivity contribution in [2.45, 2.75) is 59.1 Å². The molecule has 0 saturated carbocycles. The van der Waals surface area contributed by atoms with Crippen molar-refractivity contribution in [1.82, 2.24) is 24.8 Å². The van der Waals surface area contributed by atoms with Gasteiger partial charge >= 0.3 is 6.09 Å². The number of hydrogen-bond acceptors (Lipinski definition) is 7. The van der Waals surface area contributed by atoms with E-state index in [1.54, 1.807) is 15.6 Å². The van der Waals surface area contributed by atoms with Gasteiger partial charge in [-0.05, 0) is 50.6 Å². The third-order valence-electron chi connectivity index (χ3n) is 6.09. The molecule has 1 aliphatic heterocycles. The van der Waals surface area contributed by atoms with Crippen molar-refractivity contribution >= 4 is 34.7 Å². The Bertz CT molecular complexity index is 1190. The molecule has 0 aromatic carbocycles. The molecule has 3 aromatic heterocycles. The van der Waals surface area contributed by atoms with Crippen molar-refractivity contribution in [3.05, 3.63) is 34.9 Å². The summed E-state index contributed by atoms with van der Waals surface area (Å²) in [5.41, 5.74) is 3.02. The lowest BCUT2D eigenvalue weighted by atomic mass is 10.1. The smallest absolute Gasteiger partial charge is 0.410 e. The molecule has 188 valence electrons. The summed E-state index contributed by atoms with van der Waals surface area (Å²) in [5, 5.41) is 9.58. The average Bonchev–Trinajstić information content (AvgIpc) is 3.48. The van der Waals surface area contributed by atoms with Gasteiger partial charge in [0.25, 0.3) is 5.91 Å². The fourth-order valence-corrected chi connectivity index (χ4v) is 4.86. The average molecular weight is 499 g/mol. The Morgan fingerprint density at radius 2 is 1.86 bits per heavy atom. The standard InChI is InChI=1S/C25H34N6O3S/c1-6-18(7-2)28-23(32)21-12-17(16-35-21)20-14-27-31-15-19(13-26-22(20)31)29-8-10-30(11-9-29)24(33)34-25(3,4)5/h12-16,18H,6-11H2,1-5H3,(H,28,32). The van der Waals surface area contributed by atoms with E-state index in [9.17, 15) is 9.59 Å². The van der Waals surface area contributed by atoms with Gasteiger partial charge in [0.15, 0.2) is 5.65 Å². The van der Waals surface area contributed by atoms with E-state index in [0.717, 1.165) is 35.3 Å². The second-order valence-corrected chi connectivity index (χ2v) is 10.7. The minimum absolute atomic E-state index is 0.0350. The fourth-order valence-electron chi connectivity index (χ4n) is 4.05. The minimum Gasteiger partial charge on any atom is -0.444 e. The summed E-state index contributed by atoms with van der Waals surface area (Å²) < 4.78 is 7.26. The molecule has 1 fully saturated rings. The van der Waals surface area contributed by atoms with Crippen molar-refractivity contribution in [2.75, 3.05) is 31.1 Å². The second kappa shape index (κ2) is 10.2. The maximum atomic E-state index is 12.6. The number of aromatic nitrogens is 3. The van der Waals surface area contributed by atoms with Crippen molar-refractivity contribution < 1.29 is 14.3 Å². The maximum Gasteiger partial charge on any atom is 0.410 e. The zero-order valence-corrected chi connectivity index (χ0v) is 21.9. The third kappa shape index (κ3) is 5.75. The second-order valence-electron chi connectivity index (χ2n) is 9.78. The van der Waals surface area contributed by atoms with Crippen LogP contribution in [0.3, 0.4) is 0 Å². The summed E-state index contributed by atoms with van der Waals surface area (Å²) in [6.45, 7) is 12.4. The Morgan fingerprint density at radius 3 is 2.51 bits per heavy atom.